The number of carbonyl (C=O) groups is 2. The van der Waals surface area contributed by atoms with Crippen LogP contribution >= 0.6 is 11.8 Å². The molecule has 0 radical (unpaired) electrons. The monoisotopic (exact) mass is 290 g/mol. The van der Waals surface area contributed by atoms with Gasteiger partial charge in [-0.1, -0.05) is 0 Å². The number of likely N-dealkylation sites (N-methyl/N-ethyl adjacent to an activating group) is 1. The molecule has 1 aliphatic heterocycles. The first-order valence-corrected chi connectivity index (χ1v) is 7.55. The van der Waals surface area contributed by atoms with Gasteiger partial charge in [0.15, 0.2) is 0 Å². The highest BCUT2D eigenvalue weighted by Crippen LogP contribution is 2.19. The first-order chi connectivity index (χ1) is 9.02. The lowest BCUT2D eigenvalue weighted by atomic mass is 10.2. The van der Waals surface area contributed by atoms with Gasteiger partial charge in [0.1, 0.15) is 6.04 Å². The molecule has 0 bridgehead atoms. The molecule has 0 aromatic rings. The molecular formula is C12H22N2O4S. The summed E-state index contributed by atoms with van der Waals surface area (Å²) in [6.45, 7) is 5.26. The van der Waals surface area contributed by atoms with Crippen molar-refractivity contribution in [2.45, 2.75) is 25.9 Å². The number of methoxy groups -OCH3 is 1. The van der Waals surface area contributed by atoms with Crippen LogP contribution in [-0.2, 0) is 9.53 Å². The average Bonchev–Trinajstić information content (AvgIpc) is 2.39. The van der Waals surface area contributed by atoms with Crippen LogP contribution < -0.4 is 0 Å². The summed E-state index contributed by atoms with van der Waals surface area (Å²) in [4.78, 5) is 26.8. The van der Waals surface area contributed by atoms with Crippen LogP contribution in [0.3, 0.4) is 0 Å². The first-order valence-electron chi connectivity index (χ1n) is 6.39. The number of hydrogen-bond donors (Lipinski definition) is 1. The molecule has 1 heterocycles. The van der Waals surface area contributed by atoms with Crippen LogP contribution in [0.4, 0.5) is 4.79 Å². The number of carboxylic acids is 1. The fourth-order valence-corrected chi connectivity index (χ4v) is 3.21. The molecule has 2 atom stereocenters. The summed E-state index contributed by atoms with van der Waals surface area (Å²) in [5.74, 6) is 0.305. The van der Waals surface area contributed by atoms with Crippen molar-refractivity contribution in [2.75, 3.05) is 38.3 Å². The Bertz CT molecular complexity index is 327. The molecule has 1 rings (SSSR count). The third kappa shape index (κ3) is 4.01. The number of aliphatic carboxylic acids is 1. The number of amides is 2. The van der Waals surface area contributed by atoms with E-state index in [1.165, 1.54) is 4.90 Å². The van der Waals surface area contributed by atoms with Gasteiger partial charge in [-0.2, -0.15) is 11.8 Å². The second-order valence-corrected chi connectivity index (χ2v) is 5.65. The Kier molecular flexibility index (Phi) is 6.44. The van der Waals surface area contributed by atoms with Gasteiger partial charge in [-0.15, -0.1) is 0 Å². The molecule has 1 fully saturated rings. The molecule has 1 saturated heterocycles. The molecule has 0 aromatic heterocycles. The molecule has 0 saturated carbocycles. The number of thioether (sulfide) groups is 1. The van der Waals surface area contributed by atoms with Gasteiger partial charge in [0, 0.05) is 31.7 Å². The maximum atomic E-state index is 12.5. The highest BCUT2D eigenvalue weighted by Gasteiger charge is 2.35. The lowest BCUT2D eigenvalue weighted by Crippen LogP contribution is -2.57. The first kappa shape index (κ1) is 16.1. The quantitative estimate of drug-likeness (QED) is 0.817. The van der Waals surface area contributed by atoms with Crippen LogP contribution in [0.15, 0.2) is 0 Å². The van der Waals surface area contributed by atoms with Crippen LogP contribution in [0.25, 0.3) is 0 Å². The summed E-state index contributed by atoms with van der Waals surface area (Å²) < 4.78 is 5.07. The van der Waals surface area contributed by atoms with E-state index in [-0.39, 0.29) is 12.1 Å². The molecule has 1 N–H and O–H groups in total. The van der Waals surface area contributed by atoms with Gasteiger partial charge < -0.3 is 19.6 Å². The molecule has 0 spiro atoms. The molecule has 0 aromatic carbocycles. The van der Waals surface area contributed by atoms with E-state index in [4.69, 9.17) is 4.74 Å². The van der Waals surface area contributed by atoms with E-state index < -0.39 is 12.0 Å². The number of hydrogen-bond acceptors (Lipinski definition) is 4. The van der Waals surface area contributed by atoms with E-state index in [0.717, 1.165) is 5.75 Å². The molecule has 0 aliphatic carbocycles. The molecular weight excluding hydrogens is 268 g/mol. The summed E-state index contributed by atoms with van der Waals surface area (Å²) >= 11 is 1.57. The Morgan fingerprint density at radius 1 is 1.58 bits per heavy atom. The van der Waals surface area contributed by atoms with Gasteiger partial charge in [0.25, 0.3) is 0 Å². The van der Waals surface area contributed by atoms with Crippen LogP contribution in [0, 0.1) is 0 Å². The van der Waals surface area contributed by atoms with Crippen LogP contribution in [0.2, 0.25) is 0 Å². The van der Waals surface area contributed by atoms with E-state index in [0.29, 0.717) is 25.4 Å². The third-order valence-electron chi connectivity index (χ3n) is 3.19. The fourth-order valence-electron chi connectivity index (χ4n) is 2.17. The topological polar surface area (TPSA) is 70.1 Å². The second-order valence-electron chi connectivity index (χ2n) is 4.50. The SMILES string of the molecule is CCN(C(=O)N1CCSCC1C(=O)O)C(C)COC. The van der Waals surface area contributed by atoms with Crippen molar-refractivity contribution in [2.24, 2.45) is 0 Å². The van der Waals surface area contributed by atoms with E-state index >= 15 is 0 Å². The zero-order valence-corrected chi connectivity index (χ0v) is 12.5. The van der Waals surface area contributed by atoms with Gasteiger partial charge >= 0.3 is 12.0 Å². The van der Waals surface area contributed by atoms with Gasteiger partial charge in [-0.05, 0) is 13.8 Å². The molecule has 1 aliphatic rings. The minimum atomic E-state index is -0.934. The number of rotatable bonds is 5. The number of urea groups is 1. The predicted molar refractivity (Wildman–Crippen MR) is 74.6 cm³/mol. The minimum Gasteiger partial charge on any atom is -0.480 e. The molecule has 110 valence electrons. The van der Waals surface area contributed by atoms with Crippen molar-refractivity contribution in [3.63, 3.8) is 0 Å². The molecule has 2 unspecified atom stereocenters. The summed E-state index contributed by atoms with van der Waals surface area (Å²) in [7, 11) is 1.59. The van der Waals surface area contributed by atoms with Crippen molar-refractivity contribution >= 4 is 23.8 Å². The summed E-state index contributed by atoms with van der Waals surface area (Å²) in [5.41, 5.74) is 0. The van der Waals surface area contributed by atoms with Gasteiger partial charge in [0.05, 0.1) is 12.6 Å². The maximum absolute atomic E-state index is 12.5. The average molecular weight is 290 g/mol. The maximum Gasteiger partial charge on any atom is 0.327 e. The van der Waals surface area contributed by atoms with Crippen LogP contribution in [0.1, 0.15) is 13.8 Å². The highest BCUT2D eigenvalue weighted by atomic mass is 32.2. The van der Waals surface area contributed by atoms with Crippen molar-refractivity contribution in [3.05, 3.63) is 0 Å². The molecule has 19 heavy (non-hydrogen) atoms. The Morgan fingerprint density at radius 2 is 2.26 bits per heavy atom. The van der Waals surface area contributed by atoms with Gasteiger partial charge in [0.2, 0.25) is 0 Å². The largest absolute Gasteiger partial charge is 0.480 e. The number of ether oxygens (including phenoxy) is 1. The zero-order valence-electron chi connectivity index (χ0n) is 11.7. The van der Waals surface area contributed by atoms with Gasteiger partial charge in [-0.3, -0.25) is 0 Å². The minimum absolute atomic E-state index is 0.0634. The normalized spacial score (nSPS) is 21.0. The molecule has 2 amide bonds. The number of nitrogens with zero attached hydrogens (tertiary/aromatic N) is 2. The standard InChI is InChI=1S/C12H22N2O4S/c1-4-13(9(2)7-18-3)12(17)14-5-6-19-8-10(14)11(15)16/h9-10H,4-8H2,1-3H3,(H,15,16). The van der Waals surface area contributed by atoms with Crippen molar-refractivity contribution in [3.8, 4) is 0 Å². The van der Waals surface area contributed by atoms with E-state index in [2.05, 4.69) is 0 Å². The fraction of sp³-hybridized carbons (Fsp3) is 0.833. The third-order valence-corrected chi connectivity index (χ3v) is 4.21. The highest BCUT2D eigenvalue weighted by molar-refractivity contribution is 7.99. The van der Waals surface area contributed by atoms with Gasteiger partial charge in [-0.25, -0.2) is 9.59 Å². The lowest BCUT2D eigenvalue weighted by Gasteiger charge is -2.38. The zero-order chi connectivity index (χ0) is 14.4. The van der Waals surface area contributed by atoms with E-state index in [1.54, 1.807) is 23.8 Å². The second kappa shape index (κ2) is 7.59. The van der Waals surface area contributed by atoms with E-state index in [1.807, 2.05) is 13.8 Å². The Hall–Kier alpha value is -0.950. The predicted octanol–water partition coefficient (Wildman–Crippen LogP) is 0.965. The van der Waals surface area contributed by atoms with Crippen molar-refractivity contribution < 1.29 is 19.4 Å². The number of carbonyl (C=O) groups excluding carboxylic acids is 1. The smallest absolute Gasteiger partial charge is 0.327 e. The Balaban J connectivity index is 2.79. The summed E-state index contributed by atoms with van der Waals surface area (Å²) in [6, 6.07) is -0.999. The summed E-state index contributed by atoms with van der Waals surface area (Å²) in [6.07, 6.45) is 0. The van der Waals surface area contributed by atoms with Crippen LogP contribution in [0.5, 0.6) is 0 Å². The Morgan fingerprint density at radius 3 is 2.79 bits per heavy atom. The number of carboxylic acid groups (broad SMARTS) is 1. The molecule has 7 heteroatoms. The van der Waals surface area contributed by atoms with E-state index in [9.17, 15) is 14.7 Å². The lowest BCUT2D eigenvalue weighted by molar-refractivity contribution is -0.141. The van der Waals surface area contributed by atoms with Crippen molar-refractivity contribution in [1.82, 2.24) is 9.80 Å². The van der Waals surface area contributed by atoms with Crippen LogP contribution in [-0.4, -0.2) is 77.3 Å². The summed E-state index contributed by atoms with van der Waals surface area (Å²) in [5, 5.41) is 9.20. The Labute approximate surface area is 118 Å². The van der Waals surface area contributed by atoms with Crippen molar-refractivity contribution in [1.29, 1.82) is 0 Å². The molecule has 6 nitrogen and oxygen atoms in total.